The van der Waals surface area contributed by atoms with Gasteiger partial charge in [-0.15, -0.1) is 0 Å². The fraction of sp³-hybridized carbons (Fsp3) is 0.176. The van der Waals surface area contributed by atoms with Gasteiger partial charge in [-0.3, -0.25) is 0 Å². The predicted molar refractivity (Wildman–Crippen MR) is 78.0 cm³/mol. The Labute approximate surface area is 123 Å². The van der Waals surface area contributed by atoms with Crippen LogP contribution in [0.5, 0.6) is 11.5 Å². The number of rotatable bonds is 5. The first kappa shape index (κ1) is 14.4. The summed E-state index contributed by atoms with van der Waals surface area (Å²) in [7, 11) is 0. The summed E-state index contributed by atoms with van der Waals surface area (Å²) in [5, 5.41) is 17.8. The predicted octanol–water partition coefficient (Wildman–Crippen LogP) is 3.20. The Morgan fingerprint density at radius 2 is 1.62 bits per heavy atom. The molecule has 0 saturated carbocycles. The average Bonchev–Trinajstić information content (AvgIpc) is 2.53. The van der Waals surface area contributed by atoms with Crippen LogP contribution >= 0.6 is 0 Å². The minimum Gasteiger partial charge on any atom is -0.490 e. The normalized spacial score (nSPS) is 9.48. The molecule has 0 bridgehead atoms. The third-order valence-electron chi connectivity index (χ3n) is 2.92. The molecule has 2 aromatic rings. The molecule has 0 unspecified atom stereocenters. The van der Waals surface area contributed by atoms with Gasteiger partial charge in [0.25, 0.3) is 0 Å². The van der Waals surface area contributed by atoms with Gasteiger partial charge in [0.05, 0.1) is 17.2 Å². The van der Waals surface area contributed by atoms with Crippen LogP contribution in [0.15, 0.2) is 42.5 Å². The highest BCUT2D eigenvalue weighted by atomic mass is 16.5. The van der Waals surface area contributed by atoms with Crippen LogP contribution in [-0.2, 0) is 0 Å². The van der Waals surface area contributed by atoms with Crippen molar-refractivity contribution < 1.29 is 9.47 Å². The summed E-state index contributed by atoms with van der Waals surface area (Å²) >= 11 is 0. The van der Waals surface area contributed by atoms with Crippen molar-refractivity contribution in [1.82, 2.24) is 0 Å². The van der Waals surface area contributed by atoms with Crippen LogP contribution < -0.4 is 9.47 Å². The summed E-state index contributed by atoms with van der Waals surface area (Å²) in [4.78, 5) is 0. The first-order chi connectivity index (χ1) is 10.2. The molecule has 4 nitrogen and oxygen atoms in total. The highest BCUT2D eigenvalue weighted by Crippen LogP contribution is 2.20. The van der Waals surface area contributed by atoms with E-state index in [1.54, 1.807) is 30.3 Å². The fourth-order valence-corrected chi connectivity index (χ4v) is 1.81. The molecule has 0 aliphatic heterocycles. The molecular weight excluding hydrogens is 264 g/mol. The van der Waals surface area contributed by atoms with E-state index in [0.717, 1.165) is 5.56 Å². The molecule has 0 radical (unpaired) electrons. The van der Waals surface area contributed by atoms with E-state index in [9.17, 15) is 0 Å². The van der Waals surface area contributed by atoms with Gasteiger partial charge in [-0.1, -0.05) is 18.2 Å². The molecule has 4 heteroatoms. The maximum absolute atomic E-state index is 8.96. The summed E-state index contributed by atoms with van der Waals surface area (Å²) in [6.07, 6.45) is 0. The van der Waals surface area contributed by atoms with E-state index in [0.29, 0.717) is 35.8 Å². The summed E-state index contributed by atoms with van der Waals surface area (Å²) in [6, 6.07) is 16.5. The molecule has 21 heavy (non-hydrogen) atoms. The second-order valence-corrected chi connectivity index (χ2v) is 4.40. The summed E-state index contributed by atoms with van der Waals surface area (Å²) in [6.45, 7) is 2.59. The Bertz CT molecular complexity index is 711. The van der Waals surface area contributed by atoms with Crippen LogP contribution in [0.3, 0.4) is 0 Å². The van der Waals surface area contributed by atoms with Gasteiger partial charge in [0, 0.05) is 0 Å². The van der Waals surface area contributed by atoms with E-state index in [2.05, 4.69) is 12.1 Å². The van der Waals surface area contributed by atoms with Crippen molar-refractivity contribution in [3.05, 3.63) is 59.2 Å². The summed E-state index contributed by atoms with van der Waals surface area (Å²) in [5.41, 5.74) is 2.03. The number of aryl methyl sites for hydroxylation is 1. The molecule has 2 aromatic carbocycles. The van der Waals surface area contributed by atoms with E-state index < -0.39 is 0 Å². The summed E-state index contributed by atoms with van der Waals surface area (Å²) in [5.74, 6) is 1.22. The zero-order chi connectivity index (χ0) is 15.1. The van der Waals surface area contributed by atoms with Gasteiger partial charge in [-0.2, -0.15) is 10.5 Å². The van der Waals surface area contributed by atoms with E-state index in [1.165, 1.54) is 0 Å². The van der Waals surface area contributed by atoms with Crippen molar-refractivity contribution in [1.29, 1.82) is 10.5 Å². The van der Waals surface area contributed by atoms with Crippen LogP contribution in [0.25, 0.3) is 0 Å². The number of para-hydroxylation sites is 1. The van der Waals surface area contributed by atoms with E-state index in [-0.39, 0.29) is 0 Å². The number of hydrogen-bond acceptors (Lipinski definition) is 4. The molecule has 0 heterocycles. The molecular formula is C17H14N2O2. The average molecular weight is 278 g/mol. The molecule has 0 amide bonds. The van der Waals surface area contributed by atoms with Crippen LogP contribution in [0.2, 0.25) is 0 Å². The van der Waals surface area contributed by atoms with Crippen LogP contribution in [0, 0.1) is 29.6 Å². The molecule has 0 aliphatic carbocycles. The van der Waals surface area contributed by atoms with E-state index in [4.69, 9.17) is 20.0 Å². The lowest BCUT2D eigenvalue weighted by Gasteiger charge is -2.11. The lowest BCUT2D eigenvalue weighted by Crippen LogP contribution is -2.10. The van der Waals surface area contributed by atoms with Gasteiger partial charge in [-0.25, -0.2) is 0 Å². The van der Waals surface area contributed by atoms with Crippen molar-refractivity contribution in [2.24, 2.45) is 0 Å². The molecule has 104 valence electrons. The molecule has 0 spiro atoms. The van der Waals surface area contributed by atoms with Gasteiger partial charge in [0.15, 0.2) is 0 Å². The van der Waals surface area contributed by atoms with Crippen molar-refractivity contribution in [2.45, 2.75) is 6.92 Å². The third kappa shape index (κ3) is 3.75. The molecule has 0 atom stereocenters. The molecule has 0 saturated heterocycles. The SMILES string of the molecule is Cc1ccc(C#N)cc1OCCOc1ccccc1C#N. The zero-order valence-electron chi connectivity index (χ0n) is 11.7. The minimum absolute atomic E-state index is 0.328. The van der Waals surface area contributed by atoms with Crippen LogP contribution in [-0.4, -0.2) is 13.2 Å². The van der Waals surface area contributed by atoms with Gasteiger partial charge in [0.2, 0.25) is 0 Å². The van der Waals surface area contributed by atoms with Gasteiger partial charge >= 0.3 is 0 Å². The topological polar surface area (TPSA) is 66.0 Å². The number of nitrogens with zero attached hydrogens (tertiary/aromatic N) is 2. The zero-order valence-corrected chi connectivity index (χ0v) is 11.7. The van der Waals surface area contributed by atoms with Crippen molar-refractivity contribution in [3.8, 4) is 23.6 Å². The fourth-order valence-electron chi connectivity index (χ4n) is 1.81. The lowest BCUT2D eigenvalue weighted by molar-refractivity contribution is 0.216. The molecule has 2 rings (SSSR count). The van der Waals surface area contributed by atoms with Crippen molar-refractivity contribution in [2.75, 3.05) is 13.2 Å². The molecule has 0 aliphatic rings. The Morgan fingerprint density at radius 1 is 0.905 bits per heavy atom. The second kappa shape index (κ2) is 6.98. The second-order valence-electron chi connectivity index (χ2n) is 4.40. The van der Waals surface area contributed by atoms with Crippen molar-refractivity contribution in [3.63, 3.8) is 0 Å². The smallest absolute Gasteiger partial charge is 0.137 e. The maximum atomic E-state index is 8.96. The third-order valence-corrected chi connectivity index (χ3v) is 2.92. The molecule has 0 N–H and O–H groups in total. The van der Waals surface area contributed by atoms with Crippen LogP contribution in [0.4, 0.5) is 0 Å². The first-order valence-corrected chi connectivity index (χ1v) is 6.50. The van der Waals surface area contributed by atoms with Crippen molar-refractivity contribution >= 4 is 0 Å². The Kier molecular flexibility index (Phi) is 4.79. The van der Waals surface area contributed by atoms with Crippen LogP contribution in [0.1, 0.15) is 16.7 Å². The Hall–Kier alpha value is -2.98. The number of hydrogen-bond donors (Lipinski definition) is 0. The number of ether oxygens (including phenoxy) is 2. The standard InChI is InChI=1S/C17H14N2O2/c1-13-6-7-14(11-18)10-17(13)21-9-8-20-16-5-3-2-4-15(16)12-19/h2-7,10H,8-9H2,1H3. The Morgan fingerprint density at radius 3 is 2.33 bits per heavy atom. The van der Waals surface area contributed by atoms with E-state index >= 15 is 0 Å². The monoisotopic (exact) mass is 278 g/mol. The van der Waals surface area contributed by atoms with E-state index in [1.807, 2.05) is 19.1 Å². The summed E-state index contributed by atoms with van der Waals surface area (Å²) < 4.78 is 11.1. The van der Waals surface area contributed by atoms with Gasteiger partial charge < -0.3 is 9.47 Å². The maximum Gasteiger partial charge on any atom is 0.137 e. The first-order valence-electron chi connectivity index (χ1n) is 6.50. The quantitative estimate of drug-likeness (QED) is 0.788. The van der Waals surface area contributed by atoms with Gasteiger partial charge in [0.1, 0.15) is 30.8 Å². The minimum atomic E-state index is 0.328. The number of benzene rings is 2. The molecule has 0 aromatic heterocycles. The number of nitriles is 2. The Balaban J connectivity index is 1.91. The lowest BCUT2D eigenvalue weighted by atomic mass is 10.1. The highest BCUT2D eigenvalue weighted by Gasteiger charge is 2.03. The molecule has 0 fully saturated rings. The largest absolute Gasteiger partial charge is 0.490 e. The van der Waals surface area contributed by atoms with Gasteiger partial charge in [-0.05, 0) is 36.8 Å². The highest BCUT2D eigenvalue weighted by molar-refractivity contribution is 5.43.